The third-order valence-electron chi connectivity index (χ3n) is 4.64. The molecule has 1 saturated heterocycles. The maximum atomic E-state index is 12.3. The molecule has 0 saturated carbocycles. The van der Waals surface area contributed by atoms with Gasteiger partial charge >= 0.3 is 0 Å². The number of rotatable bonds is 7. The Kier molecular flexibility index (Phi) is 10.4. The fraction of sp³-hybridized carbons (Fsp3) is 0.429. The minimum Gasteiger partial charge on any atom is -0.357 e. The fourth-order valence-electron chi connectivity index (χ4n) is 3.20. The van der Waals surface area contributed by atoms with Gasteiger partial charge in [-0.1, -0.05) is 36.4 Å². The van der Waals surface area contributed by atoms with E-state index in [2.05, 4.69) is 33.1 Å². The maximum absolute atomic E-state index is 12.3. The summed E-state index contributed by atoms with van der Waals surface area (Å²) in [6.07, 6.45) is 1.84. The largest absolute Gasteiger partial charge is 0.357 e. The topological polar surface area (TPSA) is 60.8 Å². The van der Waals surface area contributed by atoms with Crippen LogP contribution in [-0.4, -0.2) is 65.1 Å². The number of nitrogens with one attached hydrogen (secondary N) is 1. The van der Waals surface area contributed by atoms with Gasteiger partial charge in [0.1, 0.15) is 5.82 Å². The number of piperazine rings is 1. The Morgan fingerprint density at radius 1 is 1.10 bits per heavy atom. The SMILES string of the molecule is CCNC(=NCCS(=O)Cc1ccccc1)N1CCN(c2ccccn2)CC1.I. The van der Waals surface area contributed by atoms with E-state index < -0.39 is 10.8 Å². The second-order valence-corrected chi connectivity index (χ2v) is 8.25. The predicted molar refractivity (Wildman–Crippen MR) is 133 cm³/mol. The van der Waals surface area contributed by atoms with Crippen LogP contribution in [0.25, 0.3) is 0 Å². The molecule has 158 valence electrons. The third-order valence-corrected chi connectivity index (χ3v) is 5.93. The van der Waals surface area contributed by atoms with E-state index in [1.54, 1.807) is 0 Å². The lowest BCUT2D eigenvalue weighted by Crippen LogP contribution is -2.52. The fourth-order valence-corrected chi connectivity index (χ4v) is 4.20. The Morgan fingerprint density at radius 2 is 1.83 bits per heavy atom. The van der Waals surface area contributed by atoms with Gasteiger partial charge < -0.3 is 15.1 Å². The number of pyridine rings is 1. The standard InChI is InChI=1S/C21H29N5OS.HI/c1-2-22-21(24-12-17-28(27)18-19-8-4-3-5-9-19)26-15-13-25(14-16-26)20-10-6-7-11-23-20;/h3-11H,2,12-18H2,1H3,(H,22,24);1H. The average Bonchev–Trinajstić information content (AvgIpc) is 2.75. The zero-order valence-electron chi connectivity index (χ0n) is 16.9. The summed E-state index contributed by atoms with van der Waals surface area (Å²) in [5.74, 6) is 3.12. The molecule has 0 radical (unpaired) electrons. The number of guanidine groups is 1. The summed E-state index contributed by atoms with van der Waals surface area (Å²) in [7, 11) is -0.897. The molecule has 8 heteroatoms. The van der Waals surface area contributed by atoms with Gasteiger partial charge in [0.2, 0.25) is 0 Å². The predicted octanol–water partition coefficient (Wildman–Crippen LogP) is 2.74. The van der Waals surface area contributed by atoms with Crippen LogP contribution in [0.5, 0.6) is 0 Å². The third kappa shape index (κ3) is 7.58. The zero-order chi connectivity index (χ0) is 19.6. The second kappa shape index (κ2) is 12.8. The van der Waals surface area contributed by atoms with Crippen molar-refractivity contribution in [2.24, 2.45) is 4.99 Å². The number of aromatic nitrogens is 1. The number of nitrogens with zero attached hydrogens (tertiary/aromatic N) is 4. The number of anilines is 1. The Morgan fingerprint density at radius 3 is 2.48 bits per heavy atom. The van der Waals surface area contributed by atoms with Crippen molar-refractivity contribution in [2.75, 3.05) is 49.9 Å². The van der Waals surface area contributed by atoms with Crippen LogP contribution in [0.4, 0.5) is 5.82 Å². The van der Waals surface area contributed by atoms with Gasteiger partial charge in [0, 0.05) is 61.2 Å². The highest BCUT2D eigenvalue weighted by atomic mass is 127. The molecule has 1 fully saturated rings. The van der Waals surface area contributed by atoms with Crippen LogP contribution < -0.4 is 10.2 Å². The van der Waals surface area contributed by atoms with Crippen molar-refractivity contribution in [2.45, 2.75) is 12.7 Å². The minimum absolute atomic E-state index is 0. The van der Waals surface area contributed by atoms with Crippen molar-refractivity contribution in [3.05, 3.63) is 60.3 Å². The first-order valence-corrected chi connectivity index (χ1v) is 11.3. The van der Waals surface area contributed by atoms with E-state index in [9.17, 15) is 4.21 Å². The summed E-state index contributed by atoms with van der Waals surface area (Å²) in [6.45, 7) is 7.11. The van der Waals surface area contributed by atoms with Crippen molar-refractivity contribution >= 4 is 46.6 Å². The van der Waals surface area contributed by atoms with E-state index in [1.807, 2.05) is 48.7 Å². The van der Waals surface area contributed by atoms with Gasteiger partial charge in [0.25, 0.3) is 0 Å². The normalized spacial score (nSPS) is 15.6. The van der Waals surface area contributed by atoms with Crippen LogP contribution in [0.1, 0.15) is 12.5 Å². The van der Waals surface area contributed by atoms with Crippen LogP contribution in [0.2, 0.25) is 0 Å². The maximum Gasteiger partial charge on any atom is 0.194 e. The molecule has 0 aliphatic carbocycles. The second-order valence-electron chi connectivity index (χ2n) is 6.67. The molecule has 0 spiro atoms. The van der Waals surface area contributed by atoms with Crippen LogP contribution in [-0.2, 0) is 16.6 Å². The van der Waals surface area contributed by atoms with Gasteiger partial charge in [-0.25, -0.2) is 4.98 Å². The summed E-state index contributed by atoms with van der Waals surface area (Å²) < 4.78 is 12.3. The lowest BCUT2D eigenvalue weighted by atomic mass is 10.2. The van der Waals surface area contributed by atoms with E-state index >= 15 is 0 Å². The quantitative estimate of drug-likeness (QED) is 0.341. The number of benzene rings is 1. The minimum atomic E-state index is -0.897. The molecule has 2 aromatic rings. The molecule has 0 amide bonds. The molecule has 1 aromatic heterocycles. The molecule has 2 heterocycles. The molecular formula is C21H30IN5OS. The van der Waals surface area contributed by atoms with E-state index in [-0.39, 0.29) is 24.0 Å². The summed E-state index contributed by atoms with van der Waals surface area (Å²) in [4.78, 5) is 13.7. The van der Waals surface area contributed by atoms with Gasteiger partial charge in [-0.3, -0.25) is 9.20 Å². The Labute approximate surface area is 193 Å². The molecule has 29 heavy (non-hydrogen) atoms. The zero-order valence-corrected chi connectivity index (χ0v) is 20.0. The lowest BCUT2D eigenvalue weighted by molar-refractivity contribution is 0.372. The molecule has 1 atom stereocenters. The molecular weight excluding hydrogens is 497 g/mol. The monoisotopic (exact) mass is 527 g/mol. The first kappa shape index (κ1) is 23.6. The van der Waals surface area contributed by atoms with E-state index in [1.165, 1.54) is 0 Å². The smallest absolute Gasteiger partial charge is 0.194 e. The summed E-state index contributed by atoms with van der Waals surface area (Å²) in [5.41, 5.74) is 1.11. The highest BCUT2D eigenvalue weighted by molar-refractivity contribution is 14.0. The van der Waals surface area contributed by atoms with E-state index in [0.29, 0.717) is 18.1 Å². The van der Waals surface area contributed by atoms with Gasteiger partial charge in [-0.2, -0.15) is 0 Å². The van der Waals surface area contributed by atoms with Gasteiger partial charge in [-0.15, -0.1) is 24.0 Å². The molecule has 3 rings (SSSR count). The first-order valence-electron chi connectivity index (χ1n) is 9.84. The van der Waals surface area contributed by atoms with Crippen LogP contribution in [0.15, 0.2) is 59.7 Å². The van der Waals surface area contributed by atoms with Crippen LogP contribution in [0, 0.1) is 0 Å². The van der Waals surface area contributed by atoms with Gasteiger partial charge in [0.05, 0.1) is 6.54 Å². The van der Waals surface area contributed by atoms with Gasteiger partial charge in [0.15, 0.2) is 5.96 Å². The molecule has 0 bridgehead atoms. The average molecular weight is 527 g/mol. The van der Waals surface area contributed by atoms with Gasteiger partial charge in [-0.05, 0) is 24.6 Å². The molecule has 1 aromatic carbocycles. The van der Waals surface area contributed by atoms with Crippen molar-refractivity contribution in [1.29, 1.82) is 0 Å². The Hall–Kier alpha value is -1.68. The molecule has 1 unspecified atom stereocenters. The van der Waals surface area contributed by atoms with Crippen LogP contribution >= 0.6 is 24.0 Å². The summed E-state index contributed by atoms with van der Waals surface area (Å²) >= 11 is 0. The van der Waals surface area contributed by atoms with Crippen molar-refractivity contribution in [1.82, 2.24) is 15.2 Å². The van der Waals surface area contributed by atoms with Crippen molar-refractivity contribution < 1.29 is 4.21 Å². The van der Waals surface area contributed by atoms with Crippen molar-refractivity contribution in [3.63, 3.8) is 0 Å². The summed E-state index contributed by atoms with van der Waals surface area (Å²) in [5, 5.41) is 3.37. The number of hydrogen-bond donors (Lipinski definition) is 1. The molecule has 6 nitrogen and oxygen atoms in total. The lowest BCUT2D eigenvalue weighted by Gasteiger charge is -2.37. The highest BCUT2D eigenvalue weighted by Crippen LogP contribution is 2.12. The van der Waals surface area contributed by atoms with Crippen LogP contribution in [0.3, 0.4) is 0 Å². The molecule has 1 aliphatic heterocycles. The molecule has 1 aliphatic rings. The highest BCUT2D eigenvalue weighted by Gasteiger charge is 2.20. The van der Waals surface area contributed by atoms with E-state index in [4.69, 9.17) is 4.99 Å². The van der Waals surface area contributed by atoms with E-state index in [0.717, 1.165) is 50.1 Å². The molecule has 1 N–H and O–H groups in total. The number of halogens is 1. The number of aliphatic imine (C=N–C) groups is 1. The number of hydrogen-bond acceptors (Lipinski definition) is 4. The Bertz CT molecular complexity index is 767. The van der Waals surface area contributed by atoms with Crippen molar-refractivity contribution in [3.8, 4) is 0 Å². The summed E-state index contributed by atoms with van der Waals surface area (Å²) in [6, 6.07) is 16.0. The Balaban J connectivity index is 0.00000300. The first-order chi connectivity index (χ1) is 13.8.